The van der Waals surface area contributed by atoms with Gasteiger partial charge in [-0.1, -0.05) is 25.3 Å². The first-order chi connectivity index (χ1) is 9.74. The average molecular weight is 274 g/mol. The first-order valence-corrected chi connectivity index (χ1v) is 7.90. The molecule has 1 aliphatic carbocycles. The number of anilines is 1. The Morgan fingerprint density at radius 3 is 2.55 bits per heavy atom. The number of hydrogen-bond donors (Lipinski definition) is 1. The molecular formula is C17H26N2O. The number of nitrogens with zero attached hydrogens (tertiary/aromatic N) is 1. The number of hydrogen-bond acceptors (Lipinski definition) is 2. The molecule has 1 amide bonds. The SMILES string of the molecule is CCN(CC)C(=O)c1cccc(NC2CCCCC2)c1. The Bertz CT molecular complexity index is 434. The van der Waals surface area contributed by atoms with Crippen LogP contribution in [0.2, 0.25) is 0 Å². The van der Waals surface area contributed by atoms with Gasteiger partial charge in [-0.2, -0.15) is 0 Å². The minimum absolute atomic E-state index is 0.127. The predicted octanol–water partition coefficient (Wildman–Crippen LogP) is 3.91. The maximum Gasteiger partial charge on any atom is 0.253 e. The van der Waals surface area contributed by atoms with Crippen LogP contribution in [-0.4, -0.2) is 29.9 Å². The molecule has 0 spiro atoms. The summed E-state index contributed by atoms with van der Waals surface area (Å²) in [5, 5.41) is 3.58. The lowest BCUT2D eigenvalue weighted by Crippen LogP contribution is -2.30. The Kier molecular flexibility index (Phi) is 5.45. The molecule has 1 fully saturated rings. The van der Waals surface area contributed by atoms with E-state index in [9.17, 15) is 4.79 Å². The van der Waals surface area contributed by atoms with Crippen molar-refractivity contribution in [2.24, 2.45) is 0 Å². The molecule has 3 heteroatoms. The van der Waals surface area contributed by atoms with Gasteiger partial charge in [0.05, 0.1) is 0 Å². The van der Waals surface area contributed by atoms with Crippen LogP contribution in [0, 0.1) is 0 Å². The zero-order chi connectivity index (χ0) is 14.4. The van der Waals surface area contributed by atoms with Crippen molar-refractivity contribution in [2.45, 2.75) is 52.0 Å². The Morgan fingerprint density at radius 1 is 1.20 bits per heavy atom. The van der Waals surface area contributed by atoms with Gasteiger partial charge < -0.3 is 10.2 Å². The van der Waals surface area contributed by atoms with E-state index < -0.39 is 0 Å². The lowest BCUT2D eigenvalue weighted by atomic mass is 9.95. The van der Waals surface area contributed by atoms with Crippen molar-refractivity contribution in [1.29, 1.82) is 0 Å². The third-order valence-electron chi connectivity index (χ3n) is 4.14. The lowest BCUT2D eigenvalue weighted by Gasteiger charge is -2.24. The molecular weight excluding hydrogens is 248 g/mol. The maximum atomic E-state index is 12.3. The minimum Gasteiger partial charge on any atom is -0.382 e. The fraction of sp³-hybridized carbons (Fsp3) is 0.588. The summed E-state index contributed by atoms with van der Waals surface area (Å²) in [6.07, 6.45) is 6.48. The first-order valence-electron chi connectivity index (χ1n) is 7.90. The molecule has 110 valence electrons. The second-order valence-electron chi connectivity index (χ2n) is 5.54. The Labute approximate surface area is 122 Å². The van der Waals surface area contributed by atoms with E-state index in [1.807, 2.05) is 36.9 Å². The topological polar surface area (TPSA) is 32.3 Å². The first kappa shape index (κ1) is 14.9. The fourth-order valence-electron chi connectivity index (χ4n) is 2.92. The van der Waals surface area contributed by atoms with Gasteiger partial charge in [-0.25, -0.2) is 0 Å². The molecule has 0 unspecified atom stereocenters. The second-order valence-corrected chi connectivity index (χ2v) is 5.54. The largest absolute Gasteiger partial charge is 0.382 e. The van der Waals surface area contributed by atoms with Gasteiger partial charge in [0.15, 0.2) is 0 Å². The van der Waals surface area contributed by atoms with E-state index in [1.54, 1.807) is 0 Å². The van der Waals surface area contributed by atoms with E-state index in [4.69, 9.17) is 0 Å². The number of nitrogens with one attached hydrogen (secondary N) is 1. The molecule has 1 aliphatic rings. The summed E-state index contributed by atoms with van der Waals surface area (Å²) in [7, 11) is 0. The average Bonchev–Trinajstić information content (AvgIpc) is 2.49. The number of carbonyl (C=O) groups is 1. The van der Waals surface area contributed by atoms with Crippen molar-refractivity contribution >= 4 is 11.6 Å². The molecule has 1 N–H and O–H groups in total. The van der Waals surface area contributed by atoms with Gasteiger partial charge in [-0.05, 0) is 44.9 Å². The van der Waals surface area contributed by atoms with Gasteiger partial charge in [-0.15, -0.1) is 0 Å². The van der Waals surface area contributed by atoms with Crippen molar-refractivity contribution in [3.05, 3.63) is 29.8 Å². The third-order valence-corrected chi connectivity index (χ3v) is 4.14. The van der Waals surface area contributed by atoms with Crippen LogP contribution in [0.15, 0.2) is 24.3 Å². The lowest BCUT2D eigenvalue weighted by molar-refractivity contribution is 0.0773. The standard InChI is InChI=1S/C17H26N2O/c1-3-19(4-2)17(20)14-9-8-12-16(13-14)18-15-10-6-5-7-11-15/h8-9,12-13,15,18H,3-7,10-11H2,1-2H3. The highest BCUT2D eigenvalue weighted by atomic mass is 16.2. The van der Waals surface area contributed by atoms with Crippen LogP contribution in [0.4, 0.5) is 5.69 Å². The van der Waals surface area contributed by atoms with Crippen LogP contribution in [0.25, 0.3) is 0 Å². The molecule has 20 heavy (non-hydrogen) atoms. The molecule has 0 atom stereocenters. The molecule has 0 radical (unpaired) electrons. The van der Waals surface area contributed by atoms with Crippen molar-refractivity contribution in [3.8, 4) is 0 Å². The van der Waals surface area contributed by atoms with Gasteiger partial charge in [0, 0.05) is 30.4 Å². The molecule has 2 rings (SSSR count). The number of carbonyl (C=O) groups excluding carboxylic acids is 1. The molecule has 0 aliphatic heterocycles. The van der Waals surface area contributed by atoms with Gasteiger partial charge in [-0.3, -0.25) is 4.79 Å². The van der Waals surface area contributed by atoms with E-state index in [2.05, 4.69) is 11.4 Å². The zero-order valence-electron chi connectivity index (χ0n) is 12.7. The second kappa shape index (κ2) is 7.32. The van der Waals surface area contributed by atoms with Crippen molar-refractivity contribution < 1.29 is 4.79 Å². The highest BCUT2D eigenvalue weighted by Crippen LogP contribution is 2.22. The van der Waals surface area contributed by atoms with Crippen molar-refractivity contribution in [3.63, 3.8) is 0 Å². The van der Waals surface area contributed by atoms with Crippen molar-refractivity contribution in [2.75, 3.05) is 18.4 Å². The molecule has 0 bridgehead atoms. The Balaban J connectivity index is 2.05. The van der Waals surface area contributed by atoms with Crippen LogP contribution in [-0.2, 0) is 0 Å². The summed E-state index contributed by atoms with van der Waals surface area (Å²) in [4.78, 5) is 14.2. The maximum absolute atomic E-state index is 12.3. The minimum atomic E-state index is 0.127. The smallest absolute Gasteiger partial charge is 0.253 e. The van der Waals surface area contributed by atoms with Gasteiger partial charge in [0.25, 0.3) is 5.91 Å². The van der Waals surface area contributed by atoms with Gasteiger partial charge in [0.2, 0.25) is 0 Å². The highest BCUT2D eigenvalue weighted by molar-refractivity contribution is 5.95. The molecule has 3 nitrogen and oxygen atoms in total. The predicted molar refractivity (Wildman–Crippen MR) is 84.2 cm³/mol. The summed E-state index contributed by atoms with van der Waals surface area (Å²) in [5.41, 5.74) is 1.87. The molecule has 1 aromatic carbocycles. The Hall–Kier alpha value is -1.51. The Morgan fingerprint density at radius 2 is 1.90 bits per heavy atom. The van der Waals surface area contributed by atoms with Gasteiger partial charge >= 0.3 is 0 Å². The fourth-order valence-corrected chi connectivity index (χ4v) is 2.92. The number of benzene rings is 1. The van der Waals surface area contributed by atoms with Crippen LogP contribution in [0.1, 0.15) is 56.3 Å². The van der Waals surface area contributed by atoms with Crippen LogP contribution < -0.4 is 5.32 Å². The third kappa shape index (κ3) is 3.75. The summed E-state index contributed by atoms with van der Waals surface area (Å²) < 4.78 is 0. The quantitative estimate of drug-likeness (QED) is 0.882. The number of rotatable bonds is 5. The molecule has 0 heterocycles. The van der Waals surface area contributed by atoms with E-state index in [0.717, 1.165) is 24.3 Å². The number of amides is 1. The van der Waals surface area contributed by atoms with E-state index in [0.29, 0.717) is 6.04 Å². The molecule has 0 saturated heterocycles. The molecule has 0 aromatic heterocycles. The normalized spacial score (nSPS) is 15.9. The summed E-state index contributed by atoms with van der Waals surface area (Å²) in [6.45, 7) is 5.56. The molecule has 1 saturated carbocycles. The highest BCUT2D eigenvalue weighted by Gasteiger charge is 2.15. The molecule has 1 aromatic rings. The van der Waals surface area contributed by atoms with Crippen molar-refractivity contribution in [1.82, 2.24) is 4.90 Å². The van der Waals surface area contributed by atoms with Crippen LogP contribution in [0.3, 0.4) is 0 Å². The van der Waals surface area contributed by atoms with E-state index in [1.165, 1.54) is 32.1 Å². The monoisotopic (exact) mass is 274 g/mol. The van der Waals surface area contributed by atoms with Crippen LogP contribution >= 0.6 is 0 Å². The van der Waals surface area contributed by atoms with Crippen LogP contribution in [0.5, 0.6) is 0 Å². The van der Waals surface area contributed by atoms with Gasteiger partial charge in [0.1, 0.15) is 0 Å². The summed E-state index contributed by atoms with van der Waals surface area (Å²) >= 11 is 0. The summed E-state index contributed by atoms with van der Waals surface area (Å²) in [5.74, 6) is 0.127. The zero-order valence-corrected chi connectivity index (χ0v) is 12.7. The summed E-state index contributed by atoms with van der Waals surface area (Å²) in [6, 6.07) is 8.51. The van der Waals surface area contributed by atoms with E-state index >= 15 is 0 Å². The van der Waals surface area contributed by atoms with E-state index in [-0.39, 0.29) is 5.91 Å².